The predicted octanol–water partition coefficient (Wildman–Crippen LogP) is 5.36. The van der Waals surface area contributed by atoms with Crippen molar-refractivity contribution in [2.24, 2.45) is 11.8 Å². The van der Waals surface area contributed by atoms with Gasteiger partial charge < -0.3 is 14.7 Å². The summed E-state index contributed by atoms with van der Waals surface area (Å²) in [6, 6.07) is 26.2. The minimum atomic E-state index is -1.02. The molecule has 3 aromatic rings. The molecule has 3 aromatic carbocycles. The topological polar surface area (TPSA) is 56.5 Å². The second kappa shape index (κ2) is 10.8. The molecule has 5 heteroatoms. The molecule has 0 radical (unpaired) electrons. The number of ether oxygens (including phenoxy) is 1. The Bertz CT molecular complexity index is 1070. The van der Waals surface area contributed by atoms with Gasteiger partial charge in [0.05, 0.1) is 18.2 Å². The summed E-state index contributed by atoms with van der Waals surface area (Å²) in [5, 5.41) is 20.9. The molecule has 0 aromatic heterocycles. The number of piperidine rings is 1. The molecule has 0 spiro atoms. The van der Waals surface area contributed by atoms with Gasteiger partial charge in [-0.2, -0.15) is 5.26 Å². The van der Waals surface area contributed by atoms with E-state index in [0.717, 1.165) is 43.6 Å². The predicted molar refractivity (Wildman–Crippen MR) is 131 cm³/mol. The molecule has 34 heavy (non-hydrogen) atoms. The third-order valence-corrected chi connectivity index (χ3v) is 6.76. The highest BCUT2D eigenvalue weighted by Gasteiger charge is 2.41. The van der Waals surface area contributed by atoms with E-state index in [-0.39, 0.29) is 23.1 Å². The lowest BCUT2D eigenvalue weighted by molar-refractivity contribution is -0.0164. The van der Waals surface area contributed by atoms with Gasteiger partial charge in [-0.3, -0.25) is 0 Å². The standard InChI is InChI=1S/C29H31FN2O2/c1-22(21-34-28-13-12-23(19-31)18-27(28)30)20-32-16-14-26(15-17-32)29(33,24-8-4-2-5-9-24)25-10-6-3-7-11-25/h2-13,18,22,26,33H,14-17,20-21H2,1H3. The quantitative estimate of drug-likeness (QED) is 0.494. The van der Waals surface area contributed by atoms with Gasteiger partial charge in [-0.1, -0.05) is 67.6 Å². The van der Waals surface area contributed by atoms with E-state index < -0.39 is 11.4 Å². The van der Waals surface area contributed by atoms with Gasteiger partial charge in [-0.05, 0) is 61.2 Å². The number of hydrogen-bond donors (Lipinski definition) is 1. The maximum absolute atomic E-state index is 14.1. The first-order valence-electron chi connectivity index (χ1n) is 11.9. The maximum atomic E-state index is 14.1. The van der Waals surface area contributed by atoms with Gasteiger partial charge in [-0.25, -0.2) is 4.39 Å². The van der Waals surface area contributed by atoms with E-state index in [1.807, 2.05) is 66.7 Å². The van der Waals surface area contributed by atoms with Crippen molar-refractivity contribution in [2.45, 2.75) is 25.4 Å². The Hall–Kier alpha value is -3.20. The monoisotopic (exact) mass is 458 g/mol. The van der Waals surface area contributed by atoms with Crippen molar-refractivity contribution in [3.05, 3.63) is 101 Å². The summed E-state index contributed by atoms with van der Waals surface area (Å²) >= 11 is 0. The number of hydrogen-bond acceptors (Lipinski definition) is 4. The maximum Gasteiger partial charge on any atom is 0.166 e. The zero-order valence-electron chi connectivity index (χ0n) is 19.5. The Kier molecular flexibility index (Phi) is 7.62. The molecule has 1 heterocycles. The third kappa shape index (κ3) is 5.30. The van der Waals surface area contributed by atoms with Crippen LogP contribution in [-0.4, -0.2) is 36.2 Å². The van der Waals surface area contributed by atoms with Crippen molar-refractivity contribution in [1.82, 2.24) is 4.90 Å². The van der Waals surface area contributed by atoms with Crippen LogP contribution in [0.5, 0.6) is 5.75 Å². The molecule has 1 saturated heterocycles. The van der Waals surface area contributed by atoms with Crippen LogP contribution in [0.4, 0.5) is 4.39 Å². The summed E-state index contributed by atoms with van der Waals surface area (Å²) in [5.41, 5.74) is 1.14. The summed E-state index contributed by atoms with van der Waals surface area (Å²) in [6.07, 6.45) is 1.77. The van der Waals surface area contributed by atoms with E-state index in [9.17, 15) is 9.50 Å². The first-order chi connectivity index (χ1) is 16.5. The molecular formula is C29H31FN2O2. The van der Waals surface area contributed by atoms with Crippen LogP contribution >= 0.6 is 0 Å². The number of rotatable bonds is 8. The van der Waals surface area contributed by atoms with Gasteiger partial charge in [0.15, 0.2) is 11.6 Å². The molecule has 0 saturated carbocycles. The Morgan fingerprint density at radius 2 is 1.62 bits per heavy atom. The molecule has 1 N–H and O–H groups in total. The number of nitriles is 1. The SMILES string of the molecule is CC(COc1ccc(C#N)cc1F)CN1CCC(C(O)(c2ccccc2)c2ccccc2)CC1. The molecule has 176 valence electrons. The van der Waals surface area contributed by atoms with Crippen molar-refractivity contribution in [3.63, 3.8) is 0 Å². The van der Waals surface area contributed by atoms with E-state index >= 15 is 0 Å². The van der Waals surface area contributed by atoms with Crippen molar-refractivity contribution >= 4 is 0 Å². The Balaban J connectivity index is 1.36. The number of nitrogens with zero attached hydrogens (tertiary/aromatic N) is 2. The van der Waals surface area contributed by atoms with Crippen molar-refractivity contribution in [1.29, 1.82) is 5.26 Å². The first kappa shape index (κ1) is 23.9. The highest BCUT2D eigenvalue weighted by Crippen LogP contribution is 2.41. The summed E-state index contributed by atoms with van der Waals surface area (Å²) in [7, 11) is 0. The second-order valence-corrected chi connectivity index (χ2v) is 9.25. The smallest absolute Gasteiger partial charge is 0.166 e. The molecule has 4 rings (SSSR count). The summed E-state index contributed by atoms with van der Waals surface area (Å²) in [4.78, 5) is 2.40. The summed E-state index contributed by atoms with van der Waals surface area (Å²) < 4.78 is 19.8. The molecule has 1 aliphatic rings. The van der Waals surface area contributed by atoms with E-state index in [1.165, 1.54) is 12.1 Å². The number of benzene rings is 3. The fourth-order valence-corrected chi connectivity index (χ4v) is 4.97. The van der Waals surface area contributed by atoms with E-state index in [0.29, 0.717) is 6.61 Å². The lowest BCUT2D eigenvalue weighted by atomic mass is 9.72. The number of likely N-dealkylation sites (tertiary alicyclic amines) is 1. The minimum Gasteiger partial charge on any atom is -0.490 e. The van der Waals surface area contributed by atoms with Crippen LogP contribution in [-0.2, 0) is 5.60 Å². The van der Waals surface area contributed by atoms with Crippen LogP contribution in [0.15, 0.2) is 78.9 Å². The molecule has 1 aliphatic heterocycles. The Labute approximate surface area is 201 Å². The lowest BCUT2D eigenvalue weighted by Gasteiger charge is -2.42. The van der Waals surface area contributed by atoms with Crippen LogP contribution < -0.4 is 4.74 Å². The van der Waals surface area contributed by atoms with Crippen molar-refractivity contribution in [3.8, 4) is 11.8 Å². The molecule has 0 bridgehead atoms. The van der Waals surface area contributed by atoms with Crippen molar-refractivity contribution in [2.75, 3.05) is 26.2 Å². The van der Waals surface area contributed by atoms with E-state index in [2.05, 4.69) is 11.8 Å². The lowest BCUT2D eigenvalue weighted by Crippen LogP contribution is -2.45. The van der Waals surface area contributed by atoms with Crippen molar-refractivity contribution < 1.29 is 14.2 Å². The molecule has 0 aliphatic carbocycles. The molecule has 0 amide bonds. The summed E-state index contributed by atoms with van der Waals surface area (Å²) in [5.74, 6) is 0.00935. The molecule has 4 nitrogen and oxygen atoms in total. The highest BCUT2D eigenvalue weighted by molar-refractivity contribution is 5.37. The number of halogens is 1. The van der Waals surface area contributed by atoms with Crippen LogP contribution in [0.3, 0.4) is 0 Å². The molecule has 1 unspecified atom stereocenters. The zero-order chi connectivity index (χ0) is 24.0. The minimum absolute atomic E-state index is 0.118. The Morgan fingerprint density at radius 3 is 2.15 bits per heavy atom. The van der Waals surface area contributed by atoms with Crippen LogP contribution in [0.2, 0.25) is 0 Å². The van der Waals surface area contributed by atoms with Crippen LogP contribution in [0, 0.1) is 29.0 Å². The highest BCUT2D eigenvalue weighted by atomic mass is 19.1. The molecular weight excluding hydrogens is 427 g/mol. The largest absolute Gasteiger partial charge is 0.490 e. The van der Waals surface area contributed by atoms with Gasteiger partial charge in [0.25, 0.3) is 0 Å². The molecule has 1 atom stereocenters. The van der Waals surface area contributed by atoms with Crippen LogP contribution in [0.1, 0.15) is 36.5 Å². The summed E-state index contributed by atoms with van der Waals surface area (Å²) in [6.45, 7) is 5.13. The van der Waals surface area contributed by atoms with E-state index in [4.69, 9.17) is 10.00 Å². The van der Waals surface area contributed by atoms with Gasteiger partial charge >= 0.3 is 0 Å². The van der Waals surface area contributed by atoms with Crippen LogP contribution in [0.25, 0.3) is 0 Å². The average molecular weight is 459 g/mol. The van der Waals surface area contributed by atoms with Gasteiger partial charge in [0.2, 0.25) is 0 Å². The molecule has 1 fully saturated rings. The number of aliphatic hydroxyl groups is 1. The van der Waals surface area contributed by atoms with E-state index in [1.54, 1.807) is 6.07 Å². The normalized spacial score (nSPS) is 16.1. The third-order valence-electron chi connectivity index (χ3n) is 6.76. The fourth-order valence-electron chi connectivity index (χ4n) is 4.97. The van der Waals surface area contributed by atoms with Gasteiger partial charge in [0, 0.05) is 12.5 Å². The van der Waals surface area contributed by atoms with Gasteiger partial charge in [-0.15, -0.1) is 0 Å². The Morgan fingerprint density at radius 1 is 1.03 bits per heavy atom. The van der Waals surface area contributed by atoms with Gasteiger partial charge in [0.1, 0.15) is 5.60 Å². The fraction of sp³-hybridized carbons (Fsp3) is 0.345. The first-order valence-corrected chi connectivity index (χ1v) is 11.9. The average Bonchev–Trinajstić information content (AvgIpc) is 2.89. The second-order valence-electron chi connectivity index (χ2n) is 9.25. The zero-order valence-corrected chi connectivity index (χ0v) is 19.5.